The summed E-state index contributed by atoms with van der Waals surface area (Å²) in [6.45, 7) is 5.36. The van der Waals surface area contributed by atoms with Crippen LogP contribution in [-0.2, 0) is 0 Å². The van der Waals surface area contributed by atoms with E-state index in [4.69, 9.17) is 10.2 Å². The van der Waals surface area contributed by atoms with Gasteiger partial charge < -0.3 is 15.5 Å². The number of benzene rings is 1. The van der Waals surface area contributed by atoms with Crippen molar-refractivity contribution in [1.82, 2.24) is 0 Å². The van der Waals surface area contributed by atoms with Crippen LogP contribution in [0.1, 0.15) is 112 Å². The summed E-state index contributed by atoms with van der Waals surface area (Å²) in [5, 5.41) is 21.4. The second kappa shape index (κ2) is 20.6. The van der Waals surface area contributed by atoms with Gasteiger partial charge >= 0.3 is 71.1 Å². The first-order valence-corrected chi connectivity index (χ1v) is 11.3. The molecule has 0 fully saturated rings. The molecule has 1 aromatic rings. The van der Waals surface area contributed by atoms with Crippen LogP contribution in [0.4, 0.5) is 5.69 Å². The van der Waals surface area contributed by atoms with E-state index >= 15 is 0 Å². The summed E-state index contributed by atoms with van der Waals surface area (Å²) in [6, 6.07) is 4.37. The number of aromatic carboxylic acids is 2. The molecule has 0 aromatic heterocycles. The van der Waals surface area contributed by atoms with Gasteiger partial charge in [0, 0.05) is 12.2 Å². The minimum atomic E-state index is -1.22. The molecule has 0 radical (unpaired) electrons. The monoisotopic (exact) mass is 453 g/mol. The summed E-state index contributed by atoms with van der Waals surface area (Å²) in [7, 11) is 0. The average Bonchev–Trinajstić information content (AvgIpc) is 2.67. The van der Waals surface area contributed by atoms with Gasteiger partial charge in [-0.1, -0.05) is 84.5 Å². The van der Waals surface area contributed by atoms with Crippen LogP contribution in [-0.4, -0.2) is 87.8 Å². The van der Waals surface area contributed by atoms with Crippen molar-refractivity contribution in [3.05, 3.63) is 29.3 Å². The first kappa shape index (κ1) is 33.1. The van der Waals surface area contributed by atoms with Crippen molar-refractivity contribution in [2.24, 2.45) is 5.92 Å². The molecular formula is C24H41NNa2O4. The summed E-state index contributed by atoms with van der Waals surface area (Å²) in [5.41, 5.74) is 0.293. The first-order valence-electron chi connectivity index (χ1n) is 11.3. The van der Waals surface area contributed by atoms with Gasteiger partial charge in [-0.25, -0.2) is 9.59 Å². The molecule has 0 aliphatic carbocycles. The molecule has 3 N–H and O–H groups in total. The number of rotatable bonds is 17. The number of carboxylic acids is 2. The standard InChI is InChI=1S/C24H39NO4.2Na.2H/c1-19(2)14-12-10-8-6-4-3-5-7-9-11-13-17-25-20-15-16-21(23(26)27)22(18-20)24(28)29;;;;/h15-16,18-19,25H,3-14,17H2,1-2H3,(H,26,27)(H,28,29);;;;. The summed E-state index contributed by atoms with van der Waals surface area (Å²) in [5.74, 6) is -1.61. The van der Waals surface area contributed by atoms with Gasteiger partial charge in [-0.3, -0.25) is 0 Å². The van der Waals surface area contributed by atoms with Crippen molar-refractivity contribution in [2.45, 2.75) is 90.9 Å². The summed E-state index contributed by atoms with van der Waals surface area (Å²) in [4.78, 5) is 22.3. The molecule has 0 bridgehead atoms. The van der Waals surface area contributed by atoms with E-state index in [0.29, 0.717) is 5.69 Å². The zero-order chi connectivity index (χ0) is 21.5. The quantitative estimate of drug-likeness (QED) is 0.213. The Balaban J connectivity index is 0. The zero-order valence-electron chi connectivity index (χ0n) is 18.2. The van der Waals surface area contributed by atoms with Crippen LogP contribution >= 0.6 is 0 Å². The van der Waals surface area contributed by atoms with E-state index in [1.54, 1.807) is 6.07 Å². The maximum atomic E-state index is 11.2. The fraction of sp³-hybridized carbons (Fsp3) is 0.667. The van der Waals surface area contributed by atoms with Crippen LogP contribution in [0.5, 0.6) is 0 Å². The van der Waals surface area contributed by atoms with Gasteiger partial charge in [0.25, 0.3) is 0 Å². The molecular weight excluding hydrogens is 412 g/mol. The molecule has 1 rings (SSSR count). The number of carbonyl (C=O) groups is 2. The van der Waals surface area contributed by atoms with Gasteiger partial charge in [0.1, 0.15) is 0 Å². The molecule has 0 saturated heterocycles. The molecule has 0 aliphatic rings. The Kier molecular flexibility index (Phi) is 22.0. The van der Waals surface area contributed by atoms with Gasteiger partial charge in [-0.2, -0.15) is 0 Å². The molecule has 0 saturated carbocycles. The third-order valence-electron chi connectivity index (χ3n) is 5.27. The van der Waals surface area contributed by atoms with Gasteiger partial charge in [-0.15, -0.1) is 0 Å². The predicted molar refractivity (Wildman–Crippen MR) is 133 cm³/mol. The van der Waals surface area contributed by atoms with Crippen LogP contribution in [0.2, 0.25) is 0 Å². The molecule has 1 aromatic carbocycles. The molecule has 31 heavy (non-hydrogen) atoms. The van der Waals surface area contributed by atoms with E-state index in [9.17, 15) is 9.59 Å². The van der Waals surface area contributed by atoms with Crippen molar-refractivity contribution >= 4 is 76.7 Å². The van der Waals surface area contributed by atoms with Gasteiger partial charge in [0.2, 0.25) is 0 Å². The SMILES string of the molecule is CC(C)CCCCCCCCCCCCCNc1ccc(C(=O)O)c(C(=O)O)c1.[NaH].[NaH]. The summed E-state index contributed by atoms with van der Waals surface area (Å²) < 4.78 is 0. The van der Waals surface area contributed by atoms with E-state index in [2.05, 4.69) is 19.2 Å². The Morgan fingerprint density at radius 1 is 0.742 bits per heavy atom. The predicted octanol–water partition coefficient (Wildman–Crippen LogP) is 5.54. The number of carboxylic acid groups (broad SMARTS) is 2. The third-order valence-corrected chi connectivity index (χ3v) is 5.27. The van der Waals surface area contributed by atoms with E-state index in [1.165, 1.54) is 76.3 Å². The Labute approximate surface area is 232 Å². The van der Waals surface area contributed by atoms with E-state index in [1.807, 2.05) is 0 Å². The number of hydrogen-bond donors (Lipinski definition) is 3. The first-order chi connectivity index (χ1) is 13.9. The zero-order valence-corrected chi connectivity index (χ0v) is 18.2. The fourth-order valence-corrected chi connectivity index (χ4v) is 3.52. The van der Waals surface area contributed by atoms with Crippen LogP contribution < -0.4 is 5.32 Å². The number of unbranched alkanes of at least 4 members (excludes halogenated alkanes) is 10. The molecule has 0 unspecified atom stereocenters. The van der Waals surface area contributed by atoms with Crippen LogP contribution in [0.3, 0.4) is 0 Å². The number of nitrogens with one attached hydrogen (secondary N) is 1. The third kappa shape index (κ3) is 16.3. The molecule has 168 valence electrons. The summed E-state index contributed by atoms with van der Waals surface area (Å²) in [6.07, 6.45) is 15.6. The Bertz CT molecular complexity index is 624. The van der Waals surface area contributed by atoms with Crippen LogP contribution in [0, 0.1) is 5.92 Å². The van der Waals surface area contributed by atoms with Crippen molar-refractivity contribution in [1.29, 1.82) is 0 Å². The molecule has 7 heteroatoms. The normalized spacial score (nSPS) is 10.3. The molecule has 0 aliphatic heterocycles. The molecule has 0 heterocycles. The van der Waals surface area contributed by atoms with Crippen LogP contribution in [0.15, 0.2) is 18.2 Å². The van der Waals surface area contributed by atoms with Crippen molar-refractivity contribution in [2.75, 3.05) is 11.9 Å². The Morgan fingerprint density at radius 2 is 1.19 bits per heavy atom. The maximum absolute atomic E-state index is 11.2. The minimum absolute atomic E-state index is 0. The Hall–Kier alpha value is -0.0400. The molecule has 0 amide bonds. The molecule has 0 spiro atoms. The molecule has 5 nitrogen and oxygen atoms in total. The van der Waals surface area contributed by atoms with Crippen LogP contribution in [0.25, 0.3) is 0 Å². The number of anilines is 1. The van der Waals surface area contributed by atoms with E-state index in [0.717, 1.165) is 25.3 Å². The second-order valence-corrected chi connectivity index (χ2v) is 8.37. The van der Waals surface area contributed by atoms with Gasteiger partial charge in [-0.05, 0) is 30.5 Å². The summed E-state index contributed by atoms with van der Waals surface area (Å²) >= 11 is 0. The number of hydrogen-bond acceptors (Lipinski definition) is 3. The molecule has 0 atom stereocenters. The van der Waals surface area contributed by atoms with Crippen molar-refractivity contribution < 1.29 is 19.8 Å². The Morgan fingerprint density at radius 3 is 1.65 bits per heavy atom. The van der Waals surface area contributed by atoms with E-state index < -0.39 is 11.9 Å². The fourth-order valence-electron chi connectivity index (χ4n) is 3.52. The van der Waals surface area contributed by atoms with Gasteiger partial charge in [0.15, 0.2) is 0 Å². The topological polar surface area (TPSA) is 86.6 Å². The van der Waals surface area contributed by atoms with Crippen molar-refractivity contribution in [3.8, 4) is 0 Å². The van der Waals surface area contributed by atoms with Crippen molar-refractivity contribution in [3.63, 3.8) is 0 Å². The second-order valence-electron chi connectivity index (χ2n) is 8.37. The van der Waals surface area contributed by atoms with Gasteiger partial charge in [0.05, 0.1) is 11.1 Å². The van der Waals surface area contributed by atoms with E-state index in [-0.39, 0.29) is 70.2 Å². The average molecular weight is 454 g/mol.